The fourth-order valence-electron chi connectivity index (χ4n) is 3.92. The average molecular weight is 342 g/mol. The van der Waals surface area contributed by atoms with Gasteiger partial charge in [0.15, 0.2) is 0 Å². The zero-order chi connectivity index (χ0) is 17.4. The third-order valence-electron chi connectivity index (χ3n) is 5.16. The Kier molecular flexibility index (Phi) is 4.15. The molecule has 4 rings (SSSR count). The molecule has 0 bridgehead atoms. The molecule has 1 aliphatic carbocycles. The molecule has 1 unspecified atom stereocenters. The topological polar surface area (TPSA) is 92.1 Å². The predicted octanol–water partition coefficient (Wildman–Crippen LogP) is 1.96. The fraction of sp³-hybridized carbons (Fsp3) is 0.556. The summed E-state index contributed by atoms with van der Waals surface area (Å²) in [5.74, 6) is 1.01. The van der Waals surface area contributed by atoms with Gasteiger partial charge in [0.05, 0.1) is 11.4 Å². The Morgan fingerprint density at radius 3 is 3.00 bits per heavy atom. The van der Waals surface area contributed by atoms with Crippen LogP contribution in [0.1, 0.15) is 64.9 Å². The van der Waals surface area contributed by atoms with Crippen LogP contribution in [0.25, 0.3) is 0 Å². The van der Waals surface area contributed by atoms with Crippen LogP contribution in [0.2, 0.25) is 0 Å². The Morgan fingerprint density at radius 1 is 1.32 bits per heavy atom. The molecule has 0 aromatic carbocycles. The molecule has 2 aliphatic rings. The lowest BCUT2D eigenvalue weighted by atomic mass is 9.93. The number of nitrogens with one attached hydrogen (secondary N) is 1. The monoisotopic (exact) mass is 342 g/mol. The molecule has 2 aromatic rings. The number of hydrogen-bond donors (Lipinski definition) is 1. The van der Waals surface area contributed by atoms with E-state index in [4.69, 9.17) is 4.52 Å². The van der Waals surface area contributed by atoms with Crippen LogP contribution in [-0.2, 0) is 12.8 Å². The number of H-pyrrole nitrogens is 1. The van der Waals surface area contributed by atoms with E-state index in [1.165, 1.54) is 0 Å². The summed E-state index contributed by atoms with van der Waals surface area (Å²) < 4.78 is 5.40. The highest BCUT2D eigenvalue weighted by Gasteiger charge is 2.31. The minimum absolute atomic E-state index is 0.0810. The summed E-state index contributed by atoms with van der Waals surface area (Å²) >= 11 is 0. The van der Waals surface area contributed by atoms with E-state index in [1.54, 1.807) is 13.0 Å². The minimum atomic E-state index is -0.143. The molecule has 0 spiro atoms. The smallest absolute Gasteiger partial charge is 0.292 e. The quantitative estimate of drug-likeness (QED) is 0.901. The number of aromatic nitrogens is 3. The van der Waals surface area contributed by atoms with E-state index in [0.29, 0.717) is 24.7 Å². The van der Waals surface area contributed by atoms with Crippen molar-refractivity contribution in [1.82, 2.24) is 20.0 Å². The molecule has 7 nitrogen and oxygen atoms in total. The standard InChI is InChI=1S/C18H22N4O3/c1-11-19-15(9-16(23)20-11)12-5-4-8-22(10-12)18(24)17-13-6-2-3-7-14(13)21-25-17/h9,12H,2-8,10H2,1H3,(H,19,20,23). The number of carbonyl (C=O) groups is 1. The van der Waals surface area contributed by atoms with E-state index in [9.17, 15) is 9.59 Å². The van der Waals surface area contributed by atoms with E-state index in [-0.39, 0.29) is 17.4 Å². The Balaban J connectivity index is 1.56. The minimum Gasteiger partial charge on any atom is -0.350 e. The fourth-order valence-corrected chi connectivity index (χ4v) is 3.92. The number of carbonyl (C=O) groups excluding carboxylic acids is 1. The van der Waals surface area contributed by atoms with Crippen LogP contribution >= 0.6 is 0 Å². The van der Waals surface area contributed by atoms with Gasteiger partial charge in [-0.3, -0.25) is 9.59 Å². The number of hydrogen-bond acceptors (Lipinski definition) is 5. The number of rotatable bonds is 2. The number of likely N-dealkylation sites (tertiary alicyclic amines) is 1. The first kappa shape index (κ1) is 16.1. The Labute approximate surface area is 145 Å². The molecule has 25 heavy (non-hydrogen) atoms. The number of piperidine rings is 1. The molecular weight excluding hydrogens is 320 g/mol. The molecule has 1 aliphatic heterocycles. The molecule has 1 atom stereocenters. The number of fused-ring (bicyclic) bond motifs is 1. The first-order chi connectivity index (χ1) is 12.1. The molecule has 1 fully saturated rings. The van der Waals surface area contributed by atoms with Gasteiger partial charge in [-0.15, -0.1) is 0 Å². The van der Waals surface area contributed by atoms with Gasteiger partial charge in [-0.05, 0) is 45.4 Å². The van der Waals surface area contributed by atoms with E-state index < -0.39 is 0 Å². The van der Waals surface area contributed by atoms with Gasteiger partial charge in [0.25, 0.3) is 11.5 Å². The largest absolute Gasteiger partial charge is 0.350 e. The van der Waals surface area contributed by atoms with Crippen molar-refractivity contribution in [3.05, 3.63) is 45.0 Å². The SMILES string of the molecule is Cc1nc(C2CCCN(C(=O)c3onc4c3CCCC4)C2)cc(=O)[nH]1. The van der Waals surface area contributed by atoms with Gasteiger partial charge in [0, 0.05) is 30.6 Å². The van der Waals surface area contributed by atoms with Gasteiger partial charge in [-0.25, -0.2) is 4.98 Å². The van der Waals surface area contributed by atoms with Gasteiger partial charge in [-0.1, -0.05) is 5.16 Å². The molecule has 3 heterocycles. The summed E-state index contributed by atoms with van der Waals surface area (Å²) in [7, 11) is 0. The first-order valence-corrected chi connectivity index (χ1v) is 8.96. The van der Waals surface area contributed by atoms with Gasteiger partial charge < -0.3 is 14.4 Å². The third-order valence-corrected chi connectivity index (χ3v) is 5.16. The molecular formula is C18H22N4O3. The van der Waals surface area contributed by atoms with Crippen LogP contribution in [0.15, 0.2) is 15.4 Å². The second-order valence-electron chi connectivity index (χ2n) is 6.99. The normalized spacial score (nSPS) is 20.4. The van der Waals surface area contributed by atoms with Gasteiger partial charge in [0.2, 0.25) is 5.76 Å². The molecule has 1 N–H and O–H groups in total. The van der Waals surface area contributed by atoms with E-state index in [1.807, 2.05) is 4.90 Å². The second kappa shape index (κ2) is 6.46. The van der Waals surface area contributed by atoms with Crippen molar-refractivity contribution in [3.63, 3.8) is 0 Å². The zero-order valence-corrected chi connectivity index (χ0v) is 14.4. The zero-order valence-electron chi connectivity index (χ0n) is 14.4. The van der Waals surface area contributed by atoms with Crippen molar-refractivity contribution in [2.45, 2.75) is 51.4 Å². The number of amides is 1. The van der Waals surface area contributed by atoms with E-state index >= 15 is 0 Å². The first-order valence-electron chi connectivity index (χ1n) is 8.96. The van der Waals surface area contributed by atoms with E-state index in [2.05, 4.69) is 15.1 Å². The molecule has 0 saturated carbocycles. The summed E-state index contributed by atoms with van der Waals surface area (Å²) in [6, 6.07) is 1.54. The van der Waals surface area contributed by atoms with Crippen molar-refractivity contribution in [2.75, 3.05) is 13.1 Å². The van der Waals surface area contributed by atoms with E-state index in [0.717, 1.165) is 55.5 Å². The number of aryl methyl sites for hydroxylation is 2. The molecule has 0 radical (unpaired) electrons. The predicted molar refractivity (Wildman–Crippen MR) is 90.6 cm³/mol. The molecule has 7 heteroatoms. The van der Waals surface area contributed by atoms with Crippen molar-refractivity contribution < 1.29 is 9.32 Å². The van der Waals surface area contributed by atoms with Gasteiger partial charge >= 0.3 is 0 Å². The Morgan fingerprint density at radius 2 is 2.16 bits per heavy atom. The lowest BCUT2D eigenvalue weighted by Gasteiger charge is -2.32. The van der Waals surface area contributed by atoms with Crippen molar-refractivity contribution in [2.24, 2.45) is 0 Å². The molecule has 132 valence electrons. The van der Waals surface area contributed by atoms with Crippen LogP contribution in [0.5, 0.6) is 0 Å². The maximum absolute atomic E-state index is 12.9. The van der Waals surface area contributed by atoms with Crippen molar-refractivity contribution in [3.8, 4) is 0 Å². The van der Waals surface area contributed by atoms with Crippen LogP contribution in [-0.4, -0.2) is 39.0 Å². The summed E-state index contributed by atoms with van der Waals surface area (Å²) in [5, 5.41) is 4.09. The van der Waals surface area contributed by atoms with Crippen LogP contribution in [0.4, 0.5) is 0 Å². The van der Waals surface area contributed by atoms with Crippen LogP contribution < -0.4 is 5.56 Å². The molecule has 1 amide bonds. The van der Waals surface area contributed by atoms with Crippen LogP contribution in [0, 0.1) is 6.92 Å². The van der Waals surface area contributed by atoms with Gasteiger partial charge in [0.1, 0.15) is 5.82 Å². The lowest BCUT2D eigenvalue weighted by Crippen LogP contribution is -2.39. The Bertz CT molecular complexity index is 854. The highest BCUT2D eigenvalue weighted by atomic mass is 16.5. The lowest BCUT2D eigenvalue weighted by molar-refractivity contribution is 0.0662. The van der Waals surface area contributed by atoms with Crippen LogP contribution in [0.3, 0.4) is 0 Å². The third kappa shape index (κ3) is 3.10. The Hall–Kier alpha value is -2.44. The maximum atomic E-state index is 12.9. The maximum Gasteiger partial charge on any atom is 0.292 e. The summed E-state index contributed by atoms with van der Waals surface area (Å²) in [6.07, 6.45) is 5.75. The number of aromatic amines is 1. The second-order valence-corrected chi connectivity index (χ2v) is 6.99. The summed E-state index contributed by atoms with van der Waals surface area (Å²) in [4.78, 5) is 33.6. The molecule has 1 saturated heterocycles. The highest BCUT2D eigenvalue weighted by Crippen LogP contribution is 2.29. The average Bonchev–Trinajstić information content (AvgIpc) is 3.04. The van der Waals surface area contributed by atoms with Crippen molar-refractivity contribution in [1.29, 1.82) is 0 Å². The van der Waals surface area contributed by atoms with Gasteiger partial charge in [-0.2, -0.15) is 0 Å². The highest BCUT2D eigenvalue weighted by molar-refractivity contribution is 5.93. The molecule has 2 aromatic heterocycles. The number of nitrogens with zero attached hydrogens (tertiary/aromatic N) is 3. The summed E-state index contributed by atoms with van der Waals surface area (Å²) in [6.45, 7) is 3.04. The summed E-state index contributed by atoms with van der Waals surface area (Å²) in [5.41, 5.74) is 2.55. The van der Waals surface area contributed by atoms with Crippen molar-refractivity contribution >= 4 is 5.91 Å².